The van der Waals surface area contributed by atoms with Gasteiger partial charge < -0.3 is 24.1 Å². The van der Waals surface area contributed by atoms with Crippen LogP contribution in [0.25, 0.3) is 0 Å². The monoisotopic (exact) mass is 441 g/mol. The molecule has 0 aromatic carbocycles. The number of amides is 1. The maximum atomic E-state index is 12.1. The van der Waals surface area contributed by atoms with Crippen LogP contribution in [0.1, 0.15) is 20.8 Å². The number of oxime groups is 1. The van der Waals surface area contributed by atoms with Gasteiger partial charge in [0.2, 0.25) is 5.95 Å². The number of nitrogens with zero attached hydrogens (tertiary/aromatic N) is 5. The third kappa shape index (κ3) is 5.77. The minimum Gasteiger partial charge on any atom is -0.444 e. The Hall–Kier alpha value is -1.94. The topological polar surface area (TPSA) is 89.4 Å². The zero-order valence-corrected chi connectivity index (χ0v) is 17.3. The zero-order valence-electron chi connectivity index (χ0n) is 15.7. The fourth-order valence-electron chi connectivity index (χ4n) is 2.59. The largest absolute Gasteiger partial charge is 0.444 e. The first kappa shape index (κ1) is 19.8. The Morgan fingerprint density at radius 1 is 1.37 bits per heavy atom. The van der Waals surface area contributed by atoms with Crippen molar-refractivity contribution in [1.82, 2.24) is 14.9 Å². The minimum absolute atomic E-state index is 0.221. The fraction of sp³-hybridized carbons (Fsp3) is 0.647. The Morgan fingerprint density at radius 2 is 2.07 bits per heavy atom. The molecule has 0 bridgehead atoms. The van der Waals surface area contributed by atoms with Gasteiger partial charge in [0.15, 0.2) is 0 Å². The van der Waals surface area contributed by atoms with Gasteiger partial charge in [-0.3, -0.25) is 0 Å². The van der Waals surface area contributed by atoms with Crippen LogP contribution in [0.4, 0.5) is 10.7 Å². The molecule has 2 fully saturated rings. The van der Waals surface area contributed by atoms with Gasteiger partial charge in [0.05, 0.1) is 36.4 Å². The van der Waals surface area contributed by atoms with Crippen LogP contribution in [-0.4, -0.2) is 77.8 Å². The van der Waals surface area contributed by atoms with E-state index < -0.39 is 5.60 Å². The van der Waals surface area contributed by atoms with Crippen LogP contribution in [0.3, 0.4) is 0 Å². The lowest BCUT2D eigenvalue weighted by atomic mass is 10.2. The summed E-state index contributed by atoms with van der Waals surface area (Å²) in [6.45, 7) is 8.51. The average Bonchev–Trinajstić information content (AvgIpc) is 2.57. The molecule has 1 aromatic rings. The average molecular weight is 442 g/mol. The summed E-state index contributed by atoms with van der Waals surface area (Å²) in [5.41, 5.74) is 0.406. The molecule has 0 spiro atoms. The third-order valence-corrected chi connectivity index (χ3v) is 4.29. The second kappa shape index (κ2) is 8.39. The molecule has 1 amide bonds. The van der Waals surface area contributed by atoms with Gasteiger partial charge in [-0.15, -0.1) is 0 Å². The van der Waals surface area contributed by atoms with E-state index >= 15 is 0 Å². The highest BCUT2D eigenvalue weighted by Gasteiger charge is 2.29. The molecule has 0 N–H and O–H groups in total. The van der Waals surface area contributed by atoms with E-state index in [-0.39, 0.29) is 18.8 Å². The lowest BCUT2D eigenvalue weighted by molar-refractivity contribution is -0.0721. The van der Waals surface area contributed by atoms with Gasteiger partial charge in [-0.25, -0.2) is 14.8 Å². The second-order valence-corrected chi connectivity index (χ2v) is 8.35. The maximum absolute atomic E-state index is 12.1. The van der Waals surface area contributed by atoms with Crippen LogP contribution in [0, 0.1) is 0 Å². The van der Waals surface area contributed by atoms with Gasteiger partial charge in [0.1, 0.15) is 18.3 Å². The van der Waals surface area contributed by atoms with Crippen molar-refractivity contribution in [2.75, 3.05) is 44.3 Å². The van der Waals surface area contributed by atoms with Crippen LogP contribution in [-0.2, 0) is 14.3 Å². The molecule has 3 heterocycles. The Labute approximate surface area is 166 Å². The summed E-state index contributed by atoms with van der Waals surface area (Å²) >= 11 is 3.31. The molecule has 148 valence electrons. The number of morpholine rings is 1. The van der Waals surface area contributed by atoms with Crippen molar-refractivity contribution >= 4 is 33.7 Å². The Balaban J connectivity index is 1.40. The Bertz CT molecular complexity index is 684. The number of ether oxygens (including phenoxy) is 2. The van der Waals surface area contributed by atoms with Gasteiger partial charge in [-0.05, 0) is 36.7 Å². The fourth-order valence-corrected chi connectivity index (χ4v) is 2.79. The predicted octanol–water partition coefficient (Wildman–Crippen LogP) is 2.07. The van der Waals surface area contributed by atoms with E-state index in [2.05, 4.69) is 31.1 Å². The number of aromatic nitrogens is 2. The van der Waals surface area contributed by atoms with E-state index in [1.807, 2.05) is 25.7 Å². The normalized spacial score (nSPS) is 20.1. The first-order chi connectivity index (χ1) is 12.8. The predicted molar refractivity (Wildman–Crippen MR) is 103 cm³/mol. The van der Waals surface area contributed by atoms with Gasteiger partial charge in [-0.2, -0.15) is 0 Å². The van der Waals surface area contributed by atoms with Gasteiger partial charge in [0, 0.05) is 18.9 Å². The van der Waals surface area contributed by atoms with E-state index in [0.29, 0.717) is 38.7 Å². The highest BCUT2D eigenvalue weighted by atomic mass is 79.9. The van der Waals surface area contributed by atoms with Crippen LogP contribution < -0.4 is 4.90 Å². The van der Waals surface area contributed by atoms with Crippen LogP contribution in [0.2, 0.25) is 0 Å². The summed E-state index contributed by atoms with van der Waals surface area (Å²) in [5.74, 6) is 0.667. The molecular weight excluding hydrogens is 418 g/mol. The minimum atomic E-state index is -0.512. The van der Waals surface area contributed by atoms with Gasteiger partial charge in [0.25, 0.3) is 0 Å². The highest BCUT2D eigenvalue weighted by molar-refractivity contribution is 9.10. The van der Waals surface area contributed by atoms with E-state index in [0.717, 1.165) is 10.2 Å². The first-order valence-electron chi connectivity index (χ1n) is 8.80. The number of halogens is 1. The summed E-state index contributed by atoms with van der Waals surface area (Å²) in [6.07, 6.45) is 2.88. The van der Waals surface area contributed by atoms with Crippen molar-refractivity contribution in [3.63, 3.8) is 0 Å². The van der Waals surface area contributed by atoms with E-state index in [1.165, 1.54) is 0 Å². The number of anilines is 1. The van der Waals surface area contributed by atoms with E-state index in [9.17, 15) is 4.79 Å². The van der Waals surface area contributed by atoms with Crippen molar-refractivity contribution in [3.05, 3.63) is 16.9 Å². The number of hydrogen-bond donors (Lipinski definition) is 0. The molecule has 2 aliphatic rings. The zero-order chi connectivity index (χ0) is 19.4. The maximum Gasteiger partial charge on any atom is 0.410 e. The molecule has 0 aliphatic carbocycles. The molecule has 0 saturated carbocycles. The summed E-state index contributed by atoms with van der Waals surface area (Å²) in [6, 6.07) is 0. The molecule has 27 heavy (non-hydrogen) atoms. The lowest BCUT2D eigenvalue weighted by Gasteiger charge is -2.34. The number of rotatable bonds is 4. The van der Waals surface area contributed by atoms with Crippen molar-refractivity contribution in [2.45, 2.75) is 32.5 Å². The molecule has 0 radical (unpaired) electrons. The Morgan fingerprint density at radius 3 is 2.74 bits per heavy atom. The quantitative estimate of drug-likeness (QED) is 0.660. The molecule has 1 aromatic heterocycles. The van der Waals surface area contributed by atoms with Crippen molar-refractivity contribution in [2.24, 2.45) is 5.16 Å². The van der Waals surface area contributed by atoms with E-state index in [4.69, 9.17) is 14.3 Å². The molecule has 2 saturated heterocycles. The Kier molecular flexibility index (Phi) is 6.15. The standard InChI is InChI=1S/C17H24BrN5O4/c1-17(2,3)27-16(24)22-4-5-25-14(10-22)11-26-21-13-8-23(9-13)15-19-6-12(18)7-20-15/h6-7,14H,4-5,8-11H2,1-3H3. The van der Waals surface area contributed by atoms with Crippen LogP contribution in [0.5, 0.6) is 0 Å². The summed E-state index contributed by atoms with van der Waals surface area (Å²) < 4.78 is 11.9. The molecular formula is C17H24BrN5O4. The van der Waals surface area contributed by atoms with Crippen molar-refractivity contribution < 1.29 is 19.1 Å². The summed E-state index contributed by atoms with van der Waals surface area (Å²) in [4.78, 5) is 29.7. The molecule has 3 rings (SSSR count). The molecule has 9 nitrogen and oxygen atoms in total. The SMILES string of the molecule is CC(C)(C)OC(=O)N1CCOC(CON=C2CN(c3ncc(Br)cn3)C2)C1. The van der Waals surface area contributed by atoms with Crippen LogP contribution >= 0.6 is 15.9 Å². The number of carbonyl (C=O) groups excluding carboxylic acids is 1. The molecule has 10 heteroatoms. The summed E-state index contributed by atoms with van der Waals surface area (Å²) in [5, 5.41) is 4.14. The molecule has 1 unspecified atom stereocenters. The number of carbonyl (C=O) groups is 1. The third-order valence-electron chi connectivity index (χ3n) is 3.88. The smallest absolute Gasteiger partial charge is 0.410 e. The van der Waals surface area contributed by atoms with Gasteiger partial charge in [-0.1, -0.05) is 5.16 Å². The van der Waals surface area contributed by atoms with Crippen molar-refractivity contribution in [3.8, 4) is 0 Å². The van der Waals surface area contributed by atoms with E-state index in [1.54, 1.807) is 17.3 Å². The van der Waals surface area contributed by atoms with Crippen LogP contribution in [0.15, 0.2) is 22.0 Å². The molecule has 1 atom stereocenters. The summed E-state index contributed by atoms with van der Waals surface area (Å²) in [7, 11) is 0. The number of hydrogen-bond acceptors (Lipinski definition) is 8. The van der Waals surface area contributed by atoms with Gasteiger partial charge >= 0.3 is 6.09 Å². The highest BCUT2D eigenvalue weighted by Crippen LogP contribution is 2.16. The second-order valence-electron chi connectivity index (χ2n) is 7.43. The first-order valence-corrected chi connectivity index (χ1v) is 9.59. The molecule has 2 aliphatic heterocycles. The lowest BCUT2D eigenvalue weighted by Crippen LogP contribution is -2.49. The van der Waals surface area contributed by atoms with Crippen molar-refractivity contribution in [1.29, 1.82) is 0 Å².